The Bertz CT molecular complexity index is 618. The Morgan fingerprint density at radius 2 is 1.69 bits per heavy atom. The number of hydrogen-bond acceptors (Lipinski definition) is 4. The van der Waals surface area contributed by atoms with E-state index in [1.54, 1.807) is 18.9 Å². The predicted molar refractivity (Wildman–Crippen MR) is 101 cm³/mol. The number of nitrogens with zero attached hydrogens (tertiary/aromatic N) is 3. The molecular formula is C20H29N3O3. The molecule has 1 heterocycles. The summed E-state index contributed by atoms with van der Waals surface area (Å²) in [5.41, 5.74) is 1.15. The number of carbonyl (C=O) groups is 2. The fourth-order valence-electron chi connectivity index (χ4n) is 3.97. The van der Waals surface area contributed by atoms with E-state index >= 15 is 0 Å². The molecule has 3 rings (SSSR count). The minimum atomic E-state index is 0.0159. The van der Waals surface area contributed by atoms with Gasteiger partial charge in [0.1, 0.15) is 5.75 Å². The lowest BCUT2D eigenvalue weighted by Crippen LogP contribution is -2.52. The third-order valence-corrected chi connectivity index (χ3v) is 5.55. The lowest BCUT2D eigenvalue weighted by molar-refractivity contribution is -0.141. The molecule has 2 fully saturated rings. The third kappa shape index (κ3) is 4.29. The Morgan fingerprint density at radius 3 is 2.23 bits per heavy atom. The van der Waals surface area contributed by atoms with Crippen molar-refractivity contribution < 1.29 is 14.3 Å². The molecular weight excluding hydrogens is 330 g/mol. The van der Waals surface area contributed by atoms with Gasteiger partial charge in [0.15, 0.2) is 0 Å². The molecule has 6 nitrogen and oxygen atoms in total. The van der Waals surface area contributed by atoms with Crippen molar-refractivity contribution in [3.63, 3.8) is 0 Å². The van der Waals surface area contributed by atoms with Gasteiger partial charge < -0.3 is 19.4 Å². The van der Waals surface area contributed by atoms with E-state index in [0.717, 1.165) is 50.2 Å². The van der Waals surface area contributed by atoms with Crippen molar-refractivity contribution in [3.05, 3.63) is 24.3 Å². The van der Waals surface area contributed by atoms with E-state index in [0.29, 0.717) is 13.1 Å². The quantitative estimate of drug-likeness (QED) is 0.808. The first kappa shape index (κ1) is 18.5. The Kier molecular flexibility index (Phi) is 6.01. The summed E-state index contributed by atoms with van der Waals surface area (Å²) in [7, 11) is 1.66. The van der Waals surface area contributed by atoms with Gasteiger partial charge in [-0.2, -0.15) is 0 Å². The number of ether oxygens (including phenoxy) is 1. The molecule has 1 aromatic carbocycles. The monoisotopic (exact) mass is 359 g/mol. The van der Waals surface area contributed by atoms with E-state index in [-0.39, 0.29) is 24.4 Å². The molecule has 6 heteroatoms. The Balaban J connectivity index is 1.53. The maximum absolute atomic E-state index is 12.7. The third-order valence-electron chi connectivity index (χ3n) is 5.55. The molecule has 1 saturated carbocycles. The standard InChI is InChI=1S/C20H29N3O3/c1-16(24)23(18-5-3-4-6-18)15-20(25)22-13-11-21(12-14-22)17-7-9-19(26-2)10-8-17/h7-10,18H,3-6,11-15H2,1-2H3. The van der Waals surface area contributed by atoms with Crippen LogP contribution in [0.2, 0.25) is 0 Å². The van der Waals surface area contributed by atoms with Crippen LogP contribution in [0.1, 0.15) is 32.6 Å². The summed E-state index contributed by atoms with van der Waals surface area (Å²) >= 11 is 0. The van der Waals surface area contributed by atoms with Gasteiger partial charge in [-0.3, -0.25) is 9.59 Å². The zero-order valence-electron chi connectivity index (χ0n) is 15.8. The van der Waals surface area contributed by atoms with E-state index in [1.165, 1.54) is 0 Å². The van der Waals surface area contributed by atoms with Crippen LogP contribution in [-0.2, 0) is 9.59 Å². The fraction of sp³-hybridized carbons (Fsp3) is 0.600. The van der Waals surface area contributed by atoms with Crippen LogP contribution in [0, 0.1) is 0 Å². The molecule has 1 aromatic rings. The first-order valence-corrected chi connectivity index (χ1v) is 9.52. The van der Waals surface area contributed by atoms with Crippen molar-refractivity contribution in [1.29, 1.82) is 0 Å². The highest BCUT2D eigenvalue weighted by atomic mass is 16.5. The lowest BCUT2D eigenvalue weighted by atomic mass is 10.2. The second-order valence-corrected chi connectivity index (χ2v) is 7.15. The van der Waals surface area contributed by atoms with E-state index in [9.17, 15) is 9.59 Å². The van der Waals surface area contributed by atoms with Gasteiger partial charge in [-0.25, -0.2) is 0 Å². The van der Waals surface area contributed by atoms with Crippen molar-refractivity contribution in [1.82, 2.24) is 9.80 Å². The number of carbonyl (C=O) groups excluding carboxylic acids is 2. The van der Waals surface area contributed by atoms with Crippen LogP contribution in [0.5, 0.6) is 5.75 Å². The number of anilines is 1. The van der Waals surface area contributed by atoms with Gasteiger partial charge >= 0.3 is 0 Å². The molecule has 0 aromatic heterocycles. The number of amides is 2. The molecule has 0 bridgehead atoms. The molecule has 26 heavy (non-hydrogen) atoms. The van der Waals surface area contributed by atoms with Crippen LogP contribution in [-0.4, -0.2) is 67.5 Å². The maximum atomic E-state index is 12.7. The summed E-state index contributed by atoms with van der Waals surface area (Å²) in [6, 6.07) is 8.26. The summed E-state index contributed by atoms with van der Waals surface area (Å²) < 4.78 is 5.20. The smallest absolute Gasteiger partial charge is 0.242 e. The first-order valence-electron chi connectivity index (χ1n) is 9.52. The van der Waals surface area contributed by atoms with Gasteiger partial charge in [-0.15, -0.1) is 0 Å². The van der Waals surface area contributed by atoms with Gasteiger partial charge in [-0.05, 0) is 37.1 Å². The normalized spacial score (nSPS) is 18.1. The van der Waals surface area contributed by atoms with Crippen LogP contribution in [0.25, 0.3) is 0 Å². The van der Waals surface area contributed by atoms with Gasteiger partial charge in [0, 0.05) is 44.8 Å². The summed E-state index contributed by atoms with van der Waals surface area (Å²) in [4.78, 5) is 30.6. The molecule has 0 atom stereocenters. The zero-order chi connectivity index (χ0) is 18.5. The molecule has 2 amide bonds. The molecule has 0 N–H and O–H groups in total. The van der Waals surface area contributed by atoms with Crippen molar-refractivity contribution >= 4 is 17.5 Å². The molecule has 1 aliphatic carbocycles. The van der Waals surface area contributed by atoms with Crippen molar-refractivity contribution in [2.24, 2.45) is 0 Å². The topological polar surface area (TPSA) is 53.1 Å². The number of methoxy groups -OCH3 is 1. The minimum absolute atomic E-state index is 0.0159. The van der Waals surface area contributed by atoms with Crippen molar-refractivity contribution in [2.45, 2.75) is 38.6 Å². The van der Waals surface area contributed by atoms with Crippen molar-refractivity contribution in [2.75, 3.05) is 44.7 Å². The first-order chi connectivity index (χ1) is 12.6. The maximum Gasteiger partial charge on any atom is 0.242 e. The molecule has 142 valence electrons. The van der Waals surface area contributed by atoms with E-state index in [2.05, 4.69) is 4.90 Å². The lowest BCUT2D eigenvalue weighted by Gasteiger charge is -2.37. The molecule has 2 aliphatic rings. The Hall–Kier alpha value is -2.24. The van der Waals surface area contributed by atoms with Gasteiger partial charge in [0.25, 0.3) is 0 Å². The van der Waals surface area contributed by atoms with Crippen LogP contribution >= 0.6 is 0 Å². The SMILES string of the molecule is COc1ccc(N2CCN(C(=O)CN(C(C)=O)C3CCCC3)CC2)cc1. The van der Waals surface area contributed by atoms with E-state index in [4.69, 9.17) is 4.74 Å². The summed E-state index contributed by atoms with van der Waals surface area (Å²) in [5.74, 6) is 0.933. The number of hydrogen-bond donors (Lipinski definition) is 0. The van der Waals surface area contributed by atoms with Gasteiger partial charge in [0.05, 0.1) is 13.7 Å². The van der Waals surface area contributed by atoms with Crippen LogP contribution in [0.4, 0.5) is 5.69 Å². The average Bonchev–Trinajstić information content (AvgIpc) is 3.20. The highest BCUT2D eigenvalue weighted by Gasteiger charge is 2.29. The highest BCUT2D eigenvalue weighted by Crippen LogP contribution is 2.24. The summed E-state index contributed by atoms with van der Waals surface area (Å²) in [5, 5.41) is 0. The largest absolute Gasteiger partial charge is 0.497 e. The van der Waals surface area contributed by atoms with Crippen LogP contribution in [0.15, 0.2) is 24.3 Å². The molecule has 1 aliphatic heterocycles. The summed E-state index contributed by atoms with van der Waals surface area (Å²) in [6.45, 7) is 4.81. The van der Waals surface area contributed by atoms with E-state index in [1.807, 2.05) is 29.2 Å². The minimum Gasteiger partial charge on any atom is -0.497 e. The van der Waals surface area contributed by atoms with E-state index < -0.39 is 0 Å². The van der Waals surface area contributed by atoms with Crippen LogP contribution in [0.3, 0.4) is 0 Å². The van der Waals surface area contributed by atoms with Gasteiger partial charge in [-0.1, -0.05) is 12.8 Å². The molecule has 0 radical (unpaired) electrons. The Morgan fingerprint density at radius 1 is 1.08 bits per heavy atom. The zero-order valence-corrected chi connectivity index (χ0v) is 15.8. The highest BCUT2D eigenvalue weighted by molar-refractivity contribution is 5.84. The second-order valence-electron chi connectivity index (χ2n) is 7.15. The fourth-order valence-corrected chi connectivity index (χ4v) is 3.97. The second kappa shape index (κ2) is 8.43. The molecule has 1 saturated heterocycles. The molecule has 0 spiro atoms. The average molecular weight is 359 g/mol. The number of piperazine rings is 1. The van der Waals surface area contributed by atoms with Crippen LogP contribution < -0.4 is 9.64 Å². The summed E-state index contributed by atoms with van der Waals surface area (Å²) in [6.07, 6.45) is 4.36. The van der Waals surface area contributed by atoms with Gasteiger partial charge in [0.2, 0.25) is 11.8 Å². The molecule has 0 unspecified atom stereocenters. The Labute approximate surface area is 155 Å². The number of benzene rings is 1. The predicted octanol–water partition coefficient (Wildman–Crippen LogP) is 2.13. The van der Waals surface area contributed by atoms with Crippen molar-refractivity contribution in [3.8, 4) is 5.75 Å². The number of rotatable bonds is 5.